The predicted molar refractivity (Wildman–Crippen MR) is 120 cm³/mol. The third kappa shape index (κ3) is 5.23. The lowest BCUT2D eigenvalue weighted by molar-refractivity contribution is 0.0878. The van der Waals surface area contributed by atoms with Gasteiger partial charge in [0.25, 0.3) is 0 Å². The number of imidazole rings is 1. The largest absolute Gasteiger partial charge is 0.483 e. The molecule has 0 amide bonds. The number of carbonyl (C=O) groups is 1. The molecule has 1 aromatic heterocycles. The number of rotatable bonds is 9. The van der Waals surface area contributed by atoms with Crippen LogP contribution in [-0.2, 0) is 24.3 Å². The quantitative estimate of drug-likeness (QED) is 0.467. The molecule has 1 atom stereocenters. The molecule has 0 bridgehead atoms. The van der Waals surface area contributed by atoms with Crippen LogP contribution < -0.4 is 4.74 Å². The minimum absolute atomic E-state index is 0.195. The lowest BCUT2D eigenvalue weighted by atomic mass is 9.87. The van der Waals surface area contributed by atoms with Gasteiger partial charge in [-0.05, 0) is 36.0 Å². The van der Waals surface area contributed by atoms with Crippen molar-refractivity contribution >= 4 is 5.78 Å². The molecule has 5 nitrogen and oxygen atoms in total. The third-order valence-corrected chi connectivity index (χ3v) is 5.56. The first-order valence-electron chi connectivity index (χ1n) is 11.0. The van der Waals surface area contributed by atoms with Crippen LogP contribution in [0, 0.1) is 5.92 Å². The van der Waals surface area contributed by atoms with Crippen LogP contribution >= 0.6 is 0 Å². The lowest BCUT2D eigenvalue weighted by Gasteiger charge is -2.25. The molecular weight excluding hydrogens is 388 g/mol. The Morgan fingerprint density at radius 1 is 1.10 bits per heavy atom. The number of hydrogen-bond acceptors (Lipinski definition) is 4. The zero-order valence-corrected chi connectivity index (χ0v) is 18.3. The van der Waals surface area contributed by atoms with Crippen LogP contribution in [-0.4, -0.2) is 21.9 Å². The highest BCUT2D eigenvalue weighted by Crippen LogP contribution is 2.35. The zero-order chi connectivity index (χ0) is 21.6. The number of ether oxygens (including phenoxy) is 2. The Hall–Kier alpha value is -2.92. The van der Waals surface area contributed by atoms with E-state index in [2.05, 4.69) is 31.0 Å². The average Bonchev–Trinajstić information content (AvgIpc) is 3.28. The highest BCUT2D eigenvalue weighted by Gasteiger charge is 2.25. The second-order valence-electron chi connectivity index (χ2n) is 8.54. The molecule has 3 aromatic rings. The van der Waals surface area contributed by atoms with Gasteiger partial charge < -0.3 is 14.0 Å². The molecular formula is C26H30N2O3. The second-order valence-corrected chi connectivity index (χ2v) is 8.54. The maximum atomic E-state index is 12.8. The van der Waals surface area contributed by atoms with E-state index < -0.39 is 0 Å². The van der Waals surface area contributed by atoms with Crippen LogP contribution in [0.25, 0.3) is 0 Å². The van der Waals surface area contributed by atoms with E-state index >= 15 is 0 Å². The summed E-state index contributed by atoms with van der Waals surface area (Å²) in [6.45, 7) is 5.91. The summed E-state index contributed by atoms with van der Waals surface area (Å²) in [5.41, 5.74) is 3.88. The Labute approximate surface area is 184 Å². The number of aromatic nitrogens is 2. The molecule has 0 fully saturated rings. The molecule has 1 aliphatic carbocycles. The number of fused-ring (bicyclic) bond motifs is 1. The van der Waals surface area contributed by atoms with Gasteiger partial charge in [-0.15, -0.1) is 0 Å². The van der Waals surface area contributed by atoms with E-state index in [1.807, 2.05) is 41.1 Å². The van der Waals surface area contributed by atoms with E-state index in [-0.39, 0.29) is 11.9 Å². The Morgan fingerprint density at radius 3 is 2.68 bits per heavy atom. The number of hydrogen-bond donors (Lipinski definition) is 0. The standard InChI is InChI=1S/C26H30N2O3/c1-19(2)16-30-17-22-24(12-11-21-9-6-10-23(29)26(21)22)31-25(15-28-14-13-27-18-28)20-7-4-3-5-8-20/h3-5,7-8,11-14,18-19,25H,6,9-10,15-17H2,1-2H3/t25-/m1/s1. The molecule has 0 unspecified atom stereocenters. The predicted octanol–water partition coefficient (Wildman–Crippen LogP) is 5.40. The van der Waals surface area contributed by atoms with Gasteiger partial charge >= 0.3 is 0 Å². The van der Waals surface area contributed by atoms with Gasteiger partial charge in [0.1, 0.15) is 11.9 Å². The summed E-state index contributed by atoms with van der Waals surface area (Å²) in [5.74, 6) is 1.35. The molecule has 1 heterocycles. The van der Waals surface area contributed by atoms with Gasteiger partial charge in [0.2, 0.25) is 0 Å². The summed E-state index contributed by atoms with van der Waals surface area (Å²) in [5, 5.41) is 0. The maximum Gasteiger partial charge on any atom is 0.163 e. The monoisotopic (exact) mass is 418 g/mol. The highest BCUT2D eigenvalue weighted by molar-refractivity contribution is 6.00. The third-order valence-electron chi connectivity index (χ3n) is 5.56. The van der Waals surface area contributed by atoms with Crippen molar-refractivity contribution in [2.45, 2.75) is 52.4 Å². The van der Waals surface area contributed by atoms with Gasteiger partial charge in [-0.25, -0.2) is 4.98 Å². The zero-order valence-electron chi connectivity index (χ0n) is 18.3. The molecule has 1 aliphatic rings. The molecule has 0 saturated heterocycles. The molecule has 31 heavy (non-hydrogen) atoms. The molecule has 162 valence electrons. The van der Waals surface area contributed by atoms with Crippen molar-refractivity contribution < 1.29 is 14.3 Å². The van der Waals surface area contributed by atoms with Crippen molar-refractivity contribution in [3.8, 4) is 5.75 Å². The Morgan fingerprint density at radius 2 is 1.94 bits per heavy atom. The molecule has 0 aliphatic heterocycles. The van der Waals surface area contributed by atoms with Crippen LogP contribution in [0.3, 0.4) is 0 Å². The van der Waals surface area contributed by atoms with Crippen LogP contribution in [0.4, 0.5) is 0 Å². The fourth-order valence-corrected chi connectivity index (χ4v) is 4.07. The van der Waals surface area contributed by atoms with E-state index in [0.29, 0.717) is 32.1 Å². The number of ketones is 1. The van der Waals surface area contributed by atoms with Crippen LogP contribution in [0.5, 0.6) is 5.75 Å². The molecule has 0 N–H and O–H groups in total. The molecule has 4 rings (SSSR count). The van der Waals surface area contributed by atoms with E-state index in [4.69, 9.17) is 9.47 Å². The van der Waals surface area contributed by atoms with Crippen molar-refractivity contribution in [2.75, 3.05) is 6.61 Å². The van der Waals surface area contributed by atoms with Gasteiger partial charge in [0, 0.05) is 36.5 Å². The maximum absolute atomic E-state index is 12.8. The summed E-state index contributed by atoms with van der Waals surface area (Å²) in [6, 6.07) is 14.2. The number of benzene rings is 2. The van der Waals surface area contributed by atoms with Crippen molar-refractivity contribution in [1.82, 2.24) is 9.55 Å². The van der Waals surface area contributed by atoms with Crippen LogP contribution in [0.15, 0.2) is 61.2 Å². The summed E-state index contributed by atoms with van der Waals surface area (Å²) < 4.78 is 14.6. The van der Waals surface area contributed by atoms with Crippen molar-refractivity contribution in [3.05, 3.63) is 83.4 Å². The molecule has 0 radical (unpaired) electrons. The number of nitrogens with zero attached hydrogens (tertiary/aromatic N) is 2. The van der Waals surface area contributed by atoms with E-state index in [9.17, 15) is 4.79 Å². The summed E-state index contributed by atoms with van der Waals surface area (Å²) in [6.07, 6.45) is 7.71. The Kier molecular flexibility index (Phi) is 6.82. The van der Waals surface area contributed by atoms with Gasteiger partial charge in [-0.3, -0.25) is 4.79 Å². The topological polar surface area (TPSA) is 53.4 Å². The fourth-order valence-electron chi connectivity index (χ4n) is 4.07. The van der Waals surface area contributed by atoms with Crippen molar-refractivity contribution in [3.63, 3.8) is 0 Å². The van der Waals surface area contributed by atoms with Gasteiger partial charge in [-0.2, -0.15) is 0 Å². The minimum Gasteiger partial charge on any atom is -0.483 e. The van der Waals surface area contributed by atoms with Crippen LogP contribution in [0.2, 0.25) is 0 Å². The van der Waals surface area contributed by atoms with Crippen molar-refractivity contribution in [1.29, 1.82) is 0 Å². The number of aryl methyl sites for hydroxylation is 1. The lowest BCUT2D eigenvalue weighted by Crippen LogP contribution is -2.19. The highest BCUT2D eigenvalue weighted by atomic mass is 16.5. The summed E-state index contributed by atoms with van der Waals surface area (Å²) in [4.78, 5) is 17.0. The molecule has 0 saturated carbocycles. The average molecular weight is 419 g/mol. The smallest absolute Gasteiger partial charge is 0.163 e. The van der Waals surface area contributed by atoms with E-state index in [1.165, 1.54) is 0 Å². The second kappa shape index (κ2) is 9.92. The Balaban J connectivity index is 1.68. The number of Topliss-reactive ketones (excluding diaryl/α,β-unsaturated/α-hetero) is 1. The summed E-state index contributed by atoms with van der Waals surface area (Å²) >= 11 is 0. The Bertz CT molecular complexity index is 997. The van der Waals surface area contributed by atoms with E-state index in [1.54, 1.807) is 12.5 Å². The minimum atomic E-state index is -0.212. The van der Waals surface area contributed by atoms with Crippen molar-refractivity contribution in [2.24, 2.45) is 5.92 Å². The number of carbonyl (C=O) groups excluding carboxylic acids is 1. The molecule has 0 spiro atoms. The molecule has 5 heteroatoms. The fraction of sp³-hybridized carbons (Fsp3) is 0.385. The van der Waals surface area contributed by atoms with Gasteiger partial charge in [-0.1, -0.05) is 50.2 Å². The first-order valence-corrected chi connectivity index (χ1v) is 11.0. The van der Waals surface area contributed by atoms with Crippen LogP contribution in [0.1, 0.15) is 59.8 Å². The first kappa shape index (κ1) is 21.3. The first-order chi connectivity index (χ1) is 15.1. The van der Waals surface area contributed by atoms with E-state index in [0.717, 1.165) is 40.8 Å². The summed E-state index contributed by atoms with van der Waals surface area (Å²) in [7, 11) is 0. The molecule has 2 aromatic carbocycles. The SMILES string of the molecule is CC(C)COCc1c(O[C@H](Cn2ccnc2)c2ccccc2)ccc2c1C(=O)CCC2. The van der Waals surface area contributed by atoms with Gasteiger partial charge in [0.05, 0.1) is 19.5 Å². The normalized spacial score (nSPS) is 14.5. The van der Waals surface area contributed by atoms with Gasteiger partial charge in [0.15, 0.2) is 5.78 Å².